The third-order valence-corrected chi connectivity index (χ3v) is 3.05. The van der Waals surface area contributed by atoms with Gasteiger partial charge in [0.15, 0.2) is 0 Å². The van der Waals surface area contributed by atoms with Gasteiger partial charge >= 0.3 is 12.1 Å². The fraction of sp³-hybridized carbons (Fsp3) is 0.867. The van der Waals surface area contributed by atoms with Crippen LogP contribution in [0.2, 0.25) is 0 Å². The highest BCUT2D eigenvalue weighted by atomic mass is 16.7. The van der Waals surface area contributed by atoms with E-state index >= 15 is 0 Å². The number of hydrogen-bond donors (Lipinski definition) is 0. The maximum atomic E-state index is 11.5. The quantitative estimate of drug-likeness (QED) is 0.330. The van der Waals surface area contributed by atoms with Crippen LogP contribution in [0.4, 0.5) is 4.79 Å². The third-order valence-electron chi connectivity index (χ3n) is 3.05. The summed E-state index contributed by atoms with van der Waals surface area (Å²) in [6.45, 7) is 4.57. The van der Waals surface area contributed by atoms with Gasteiger partial charge in [0.1, 0.15) is 0 Å². The highest BCUT2D eigenvalue weighted by Crippen LogP contribution is 2.05. The van der Waals surface area contributed by atoms with E-state index in [1.54, 1.807) is 7.05 Å². The minimum atomic E-state index is -0.450. The van der Waals surface area contributed by atoms with Crippen LogP contribution < -0.4 is 0 Å². The lowest BCUT2D eigenvalue weighted by atomic mass is 10.1. The first-order valence-electron chi connectivity index (χ1n) is 7.65. The first-order valence-corrected chi connectivity index (χ1v) is 7.65. The average molecular weight is 287 g/mol. The van der Waals surface area contributed by atoms with E-state index in [9.17, 15) is 9.59 Å². The van der Waals surface area contributed by atoms with Crippen molar-refractivity contribution in [2.75, 3.05) is 20.4 Å². The molecule has 0 heterocycles. The molecule has 0 radical (unpaired) electrons. The summed E-state index contributed by atoms with van der Waals surface area (Å²) >= 11 is 0. The fourth-order valence-corrected chi connectivity index (χ4v) is 1.69. The number of rotatable bonds is 11. The Hall–Kier alpha value is -1.26. The molecule has 0 bridgehead atoms. The summed E-state index contributed by atoms with van der Waals surface area (Å²) in [6.07, 6.45) is 7.32. The van der Waals surface area contributed by atoms with Crippen molar-refractivity contribution in [1.82, 2.24) is 4.90 Å². The number of nitrogens with zero attached hydrogens (tertiary/aromatic N) is 1. The van der Waals surface area contributed by atoms with Crippen molar-refractivity contribution < 1.29 is 19.1 Å². The van der Waals surface area contributed by atoms with Crippen LogP contribution in [0.3, 0.4) is 0 Å². The normalized spacial score (nSPS) is 10.2. The van der Waals surface area contributed by atoms with Crippen molar-refractivity contribution in [2.24, 2.45) is 0 Å². The van der Waals surface area contributed by atoms with Gasteiger partial charge in [-0.3, -0.25) is 4.79 Å². The molecule has 0 aromatic carbocycles. The Morgan fingerprint density at radius 1 is 0.900 bits per heavy atom. The molecule has 0 aliphatic rings. The maximum absolute atomic E-state index is 11.5. The molecule has 0 unspecified atom stereocenters. The van der Waals surface area contributed by atoms with E-state index < -0.39 is 6.09 Å². The van der Waals surface area contributed by atoms with Crippen LogP contribution in [0.5, 0.6) is 0 Å². The molecule has 0 aliphatic heterocycles. The van der Waals surface area contributed by atoms with Crippen LogP contribution in [0.1, 0.15) is 65.2 Å². The van der Waals surface area contributed by atoms with Gasteiger partial charge in [-0.1, -0.05) is 46.0 Å². The van der Waals surface area contributed by atoms with Gasteiger partial charge in [-0.15, -0.1) is 0 Å². The molecule has 0 atom stereocenters. The molecule has 0 rings (SSSR count). The second kappa shape index (κ2) is 12.8. The molecule has 118 valence electrons. The molecule has 0 spiro atoms. The summed E-state index contributed by atoms with van der Waals surface area (Å²) in [5.74, 6) is -0.300. The topological polar surface area (TPSA) is 55.8 Å². The first-order chi connectivity index (χ1) is 9.61. The zero-order valence-electron chi connectivity index (χ0n) is 13.2. The Morgan fingerprint density at radius 2 is 1.55 bits per heavy atom. The van der Waals surface area contributed by atoms with Crippen LogP contribution in [-0.2, 0) is 14.3 Å². The van der Waals surface area contributed by atoms with Gasteiger partial charge in [0.2, 0.25) is 6.79 Å². The molecule has 0 saturated heterocycles. The second-order valence-corrected chi connectivity index (χ2v) is 4.98. The van der Waals surface area contributed by atoms with Crippen LogP contribution >= 0.6 is 0 Å². The molecule has 20 heavy (non-hydrogen) atoms. The predicted molar refractivity (Wildman–Crippen MR) is 78.4 cm³/mol. The van der Waals surface area contributed by atoms with E-state index in [-0.39, 0.29) is 12.8 Å². The zero-order valence-corrected chi connectivity index (χ0v) is 13.2. The molecule has 0 saturated carbocycles. The summed E-state index contributed by atoms with van der Waals surface area (Å²) < 4.78 is 9.73. The number of unbranched alkanes of at least 4 members (excludes halogenated alkanes) is 5. The Bertz CT molecular complexity index is 269. The van der Waals surface area contributed by atoms with Gasteiger partial charge in [-0.2, -0.15) is 0 Å². The summed E-state index contributed by atoms with van der Waals surface area (Å²) in [5, 5.41) is 0. The predicted octanol–water partition coefficient (Wildman–Crippen LogP) is 3.72. The molecule has 0 aromatic rings. The smallest absolute Gasteiger partial charge is 0.412 e. The van der Waals surface area contributed by atoms with Gasteiger partial charge in [0.05, 0.1) is 0 Å². The third kappa shape index (κ3) is 10.6. The number of hydrogen-bond acceptors (Lipinski definition) is 4. The van der Waals surface area contributed by atoms with E-state index in [1.165, 1.54) is 17.7 Å². The molecule has 5 heteroatoms. The van der Waals surface area contributed by atoms with E-state index in [4.69, 9.17) is 9.47 Å². The first kappa shape index (κ1) is 18.7. The fourth-order valence-electron chi connectivity index (χ4n) is 1.69. The Balaban J connectivity index is 3.52. The zero-order chi connectivity index (χ0) is 15.2. The van der Waals surface area contributed by atoms with E-state index in [1.807, 2.05) is 0 Å². The second-order valence-electron chi connectivity index (χ2n) is 4.98. The van der Waals surface area contributed by atoms with Crippen molar-refractivity contribution in [3.05, 3.63) is 0 Å². The van der Waals surface area contributed by atoms with Gasteiger partial charge < -0.3 is 14.4 Å². The molecule has 0 N–H and O–H groups in total. The molecular weight excluding hydrogens is 258 g/mol. The average Bonchev–Trinajstić information content (AvgIpc) is 2.44. The largest absolute Gasteiger partial charge is 0.428 e. The van der Waals surface area contributed by atoms with Gasteiger partial charge in [-0.25, -0.2) is 4.79 Å². The highest BCUT2D eigenvalue weighted by Gasteiger charge is 2.10. The minimum absolute atomic E-state index is 0.289. The standard InChI is InChI=1S/C15H29NO4/c1-4-6-8-9-10-11-14(17)19-13-20-15(18)16(3)12-7-5-2/h4-13H2,1-3H3. The molecular formula is C15H29NO4. The highest BCUT2D eigenvalue weighted by molar-refractivity contribution is 5.70. The molecule has 0 aromatic heterocycles. The summed E-state index contributed by atoms with van der Waals surface area (Å²) in [6, 6.07) is 0. The molecule has 0 fully saturated rings. The number of esters is 1. The Morgan fingerprint density at radius 3 is 2.20 bits per heavy atom. The van der Waals surface area contributed by atoms with E-state index in [2.05, 4.69) is 13.8 Å². The minimum Gasteiger partial charge on any atom is -0.428 e. The number of amides is 1. The summed E-state index contributed by atoms with van der Waals surface area (Å²) in [4.78, 5) is 24.3. The number of ether oxygens (including phenoxy) is 2. The summed E-state index contributed by atoms with van der Waals surface area (Å²) in [7, 11) is 1.67. The lowest BCUT2D eigenvalue weighted by molar-refractivity contribution is -0.152. The molecule has 1 amide bonds. The number of carbonyl (C=O) groups is 2. The van der Waals surface area contributed by atoms with Crippen LogP contribution in [0.15, 0.2) is 0 Å². The van der Waals surface area contributed by atoms with Crippen molar-refractivity contribution >= 4 is 12.1 Å². The lowest BCUT2D eigenvalue weighted by Crippen LogP contribution is -2.29. The SMILES string of the molecule is CCCCCCCC(=O)OCOC(=O)N(C)CCCC. The monoisotopic (exact) mass is 287 g/mol. The van der Waals surface area contributed by atoms with Crippen molar-refractivity contribution in [3.63, 3.8) is 0 Å². The maximum Gasteiger partial charge on any atom is 0.412 e. The van der Waals surface area contributed by atoms with E-state index in [0.717, 1.165) is 32.1 Å². The van der Waals surface area contributed by atoms with Crippen molar-refractivity contribution in [3.8, 4) is 0 Å². The van der Waals surface area contributed by atoms with Crippen molar-refractivity contribution in [1.29, 1.82) is 0 Å². The molecule has 0 aliphatic carbocycles. The van der Waals surface area contributed by atoms with Crippen LogP contribution in [-0.4, -0.2) is 37.3 Å². The van der Waals surface area contributed by atoms with Crippen LogP contribution in [0.25, 0.3) is 0 Å². The number of carbonyl (C=O) groups excluding carboxylic acids is 2. The van der Waals surface area contributed by atoms with Crippen molar-refractivity contribution in [2.45, 2.75) is 65.2 Å². The Labute approximate surface area is 122 Å². The van der Waals surface area contributed by atoms with Gasteiger partial charge in [-0.05, 0) is 12.8 Å². The van der Waals surface area contributed by atoms with E-state index in [0.29, 0.717) is 13.0 Å². The van der Waals surface area contributed by atoms with Crippen LogP contribution in [0, 0.1) is 0 Å². The van der Waals surface area contributed by atoms with Gasteiger partial charge in [0.25, 0.3) is 0 Å². The Kier molecular flexibility index (Phi) is 12.0. The lowest BCUT2D eigenvalue weighted by Gasteiger charge is -2.16. The molecule has 5 nitrogen and oxygen atoms in total. The van der Waals surface area contributed by atoms with Gasteiger partial charge in [0, 0.05) is 20.0 Å². The summed E-state index contributed by atoms with van der Waals surface area (Å²) in [5.41, 5.74) is 0.